The van der Waals surface area contributed by atoms with E-state index in [0.717, 1.165) is 225 Å². The largest absolute Gasteiger partial charge is 0.472 e. The van der Waals surface area contributed by atoms with E-state index in [1.54, 1.807) is 0 Å². The predicted octanol–water partition coefficient (Wildman–Crippen LogP) is 25.1. The van der Waals surface area contributed by atoms with Crippen LogP contribution in [0.2, 0.25) is 0 Å². The van der Waals surface area contributed by atoms with Crippen molar-refractivity contribution in [3.05, 3.63) is 182 Å². The van der Waals surface area contributed by atoms with Crippen molar-refractivity contribution in [2.24, 2.45) is 0 Å². The van der Waals surface area contributed by atoms with E-state index in [1.165, 1.54) is 0 Å². The summed E-state index contributed by atoms with van der Waals surface area (Å²) in [6, 6.07) is 0. The topological polar surface area (TPSA) is 237 Å². The molecule has 0 fully saturated rings. The molecule has 0 bridgehead atoms. The Hall–Kier alpha value is -5.84. The Bertz CT molecular complexity index is 2800. The normalized spacial score (nSPS) is 14.7. The molecule has 17 nitrogen and oxygen atoms in total. The molecule has 5 unspecified atom stereocenters. The fourth-order valence-electron chi connectivity index (χ4n) is 10.6. The van der Waals surface area contributed by atoms with E-state index in [1.807, 2.05) is 12.2 Å². The minimum Gasteiger partial charge on any atom is -0.462 e. The van der Waals surface area contributed by atoms with Gasteiger partial charge >= 0.3 is 39.5 Å². The molecule has 0 aliphatic heterocycles. The number of unbranched alkanes of at least 4 members (excludes halogenated alkanes) is 21. The Kier molecular flexibility index (Phi) is 76.9. The number of carbonyl (C=O) groups is 4. The van der Waals surface area contributed by atoms with Gasteiger partial charge in [-0.3, -0.25) is 37.3 Å². The molecule has 624 valence electrons. The second kappa shape index (κ2) is 81.2. The zero-order valence-corrected chi connectivity index (χ0v) is 70.1. The quantitative estimate of drug-likeness (QED) is 0.0169. The average molecular weight is 1580 g/mol. The number of phosphoric acid groups is 2. The molecule has 0 amide bonds. The summed E-state index contributed by atoms with van der Waals surface area (Å²) in [5.41, 5.74) is 0. The third kappa shape index (κ3) is 80.2. The predicted molar refractivity (Wildman–Crippen MR) is 454 cm³/mol. The lowest BCUT2D eigenvalue weighted by Gasteiger charge is -2.21. The Morgan fingerprint density at radius 3 is 0.718 bits per heavy atom. The first-order chi connectivity index (χ1) is 53.7. The minimum atomic E-state index is -5.01. The summed E-state index contributed by atoms with van der Waals surface area (Å²) in [4.78, 5) is 73.3. The molecule has 0 spiro atoms. The smallest absolute Gasteiger partial charge is 0.462 e. The summed E-state index contributed by atoms with van der Waals surface area (Å²) >= 11 is 0. The van der Waals surface area contributed by atoms with Crippen molar-refractivity contribution in [1.29, 1.82) is 0 Å². The Balaban J connectivity index is 5.47. The summed E-state index contributed by atoms with van der Waals surface area (Å²) in [5.74, 6) is -2.29. The number of rotatable bonds is 77. The van der Waals surface area contributed by atoms with Crippen molar-refractivity contribution >= 4 is 39.5 Å². The highest BCUT2D eigenvalue weighted by Crippen LogP contribution is 2.45. The van der Waals surface area contributed by atoms with E-state index in [4.69, 9.17) is 37.0 Å². The fraction of sp³-hybridized carbons (Fsp3) is 0.626. The lowest BCUT2D eigenvalue weighted by molar-refractivity contribution is -0.161. The van der Waals surface area contributed by atoms with Gasteiger partial charge in [-0.05, 0) is 167 Å². The number of aliphatic hydroxyl groups excluding tert-OH is 1. The van der Waals surface area contributed by atoms with Crippen molar-refractivity contribution in [2.45, 2.75) is 329 Å². The van der Waals surface area contributed by atoms with Gasteiger partial charge in [-0.25, -0.2) is 9.13 Å². The first-order valence-corrected chi connectivity index (χ1v) is 45.0. The maximum Gasteiger partial charge on any atom is 0.472 e. The van der Waals surface area contributed by atoms with Crippen LogP contribution in [0.1, 0.15) is 310 Å². The molecule has 0 aliphatic rings. The molecule has 0 aromatic heterocycles. The number of ether oxygens (including phenoxy) is 4. The van der Waals surface area contributed by atoms with Crippen molar-refractivity contribution in [1.82, 2.24) is 0 Å². The highest BCUT2D eigenvalue weighted by molar-refractivity contribution is 7.47. The molecular formula is C91H148O17P2. The lowest BCUT2D eigenvalue weighted by atomic mass is 10.1. The molecule has 0 radical (unpaired) electrons. The van der Waals surface area contributed by atoms with Gasteiger partial charge in [0.25, 0.3) is 0 Å². The zero-order chi connectivity index (χ0) is 80.3. The van der Waals surface area contributed by atoms with Crippen LogP contribution >= 0.6 is 15.6 Å². The molecule has 0 saturated carbocycles. The van der Waals surface area contributed by atoms with Crippen LogP contribution in [0.3, 0.4) is 0 Å². The maximum absolute atomic E-state index is 13.1. The average Bonchev–Trinajstić information content (AvgIpc) is 0.900. The van der Waals surface area contributed by atoms with E-state index in [9.17, 15) is 43.2 Å². The molecule has 0 saturated heterocycles. The number of aliphatic hydroxyl groups is 1. The third-order valence-electron chi connectivity index (χ3n) is 16.9. The summed E-state index contributed by atoms with van der Waals surface area (Å²) in [5, 5.41) is 10.7. The maximum atomic E-state index is 13.1. The molecule has 0 heterocycles. The number of allylic oxidation sites excluding steroid dienone is 30. The molecular weight excluding hydrogens is 1430 g/mol. The molecule has 3 N–H and O–H groups in total. The summed E-state index contributed by atoms with van der Waals surface area (Å²) in [7, 11) is -10.0. The zero-order valence-electron chi connectivity index (χ0n) is 68.4. The van der Waals surface area contributed by atoms with Gasteiger partial charge in [0.15, 0.2) is 12.2 Å². The van der Waals surface area contributed by atoms with Crippen LogP contribution in [0, 0.1) is 0 Å². The van der Waals surface area contributed by atoms with E-state index in [0.29, 0.717) is 32.1 Å². The molecule has 0 aromatic carbocycles. The number of carbonyl (C=O) groups excluding carboxylic acids is 4. The van der Waals surface area contributed by atoms with Crippen LogP contribution in [-0.2, 0) is 65.4 Å². The van der Waals surface area contributed by atoms with Gasteiger partial charge in [0.05, 0.1) is 26.4 Å². The molecule has 0 aliphatic carbocycles. The third-order valence-corrected chi connectivity index (χ3v) is 18.8. The molecule has 5 atom stereocenters. The van der Waals surface area contributed by atoms with E-state index >= 15 is 0 Å². The highest BCUT2D eigenvalue weighted by atomic mass is 31.2. The van der Waals surface area contributed by atoms with Gasteiger partial charge in [0.2, 0.25) is 0 Å². The van der Waals surface area contributed by atoms with Crippen LogP contribution in [-0.4, -0.2) is 96.7 Å². The first-order valence-electron chi connectivity index (χ1n) is 42.0. The molecule has 19 heteroatoms. The van der Waals surface area contributed by atoms with E-state index in [2.05, 4.69) is 198 Å². The Labute approximate surface area is 666 Å². The number of phosphoric ester groups is 2. The lowest BCUT2D eigenvalue weighted by Crippen LogP contribution is -2.30. The standard InChI is InChI=1S/C91H148O17P2/c1-5-9-13-17-21-25-29-33-37-41-42-46-48-52-56-60-64-68-72-76-89(94)102-82-87(108-91(96)78-74-70-66-62-58-54-50-45-40-36-32-28-24-20-16-12-8-4)84-106-110(99,100)104-80-85(92)79-103-109(97,98)105-83-86(107-90(95)77-73-69-65-61-57-53-49-44-39-35-31-27-23-19-15-11-7-3)81-101-88(93)75-71-67-63-59-55-51-47-43-38-34-30-26-22-18-14-10-6-2/h9-16,21-28,33-40,42,46,50,54,62,66,85-87,92H,5-8,17-20,29-32,41,43-45,47-49,51-53,55-61,63-65,67-84H2,1-4H3,(H,97,98)(H,99,100)/b13-9-,14-10-,15-11-,16-12-,25-21-,26-22-,27-23-,28-24-,37-33-,38-34-,39-35-,40-36-,46-42-,54-50-,66-62-. The van der Waals surface area contributed by atoms with Gasteiger partial charge in [-0.1, -0.05) is 300 Å². The van der Waals surface area contributed by atoms with Gasteiger partial charge in [-0.15, -0.1) is 0 Å². The van der Waals surface area contributed by atoms with Crippen LogP contribution in [0.25, 0.3) is 0 Å². The number of esters is 4. The second-order valence-electron chi connectivity index (χ2n) is 27.2. The van der Waals surface area contributed by atoms with E-state index < -0.39 is 97.5 Å². The molecule has 110 heavy (non-hydrogen) atoms. The number of hydrogen-bond acceptors (Lipinski definition) is 15. The highest BCUT2D eigenvalue weighted by Gasteiger charge is 2.30. The summed E-state index contributed by atoms with van der Waals surface area (Å²) < 4.78 is 68.7. The van der Waals surface area contributed by atoms with Crippen LogP contribution in [0.4, 0.5) is 0 Å². The number of hydrogen-bond donors (Lipinski definition) is 3. The van der Waals surface area contributed by atoms with Gasteiger partial charge in [-0.2, -0.15) is 0 Å². The minimum absolute atomic E-state index is 0.00657. The fourth-order valence-corrected chi connectivity index (χ4v) is 12.2. The van der Waals surface area contributed by atoms with Crippen LogP contribution in [0.15, 0.2) is 182 Å². The van der Waals surface area contributed by atoms with Gasteiger partial charge < -0.3 is 33.8 Å². The van der Waals surface area contributed by atoms with Gasteiger partial charge in [0, 0.05) is 25.7 Å². The van der Waals surface area contributed by atoms with Crippen LogP contribution in [0.5, 0.6) is 0 Å². The van der Waals surface area contributed by atoms with Crippen molar-refractivity contribution in [2.75, 3.05) is 39.6 Å². The first kappa shape index (κ1) is 104. The van der Waals surface area contributed by atoms with E-state index in [-0.39, 0.29) is 25.7 Å². The van der Waals surface area contributed by atoms with Crippen molar-refractivity contribution in [3.8, 4) is 0 Å². The van der Waals surface area contributed by atoms with Crippen molar-refractivity contribution in [3.63, 3.8) is 0 Å². The Morgan fingerprint density at radius 2 is 0.455 bits per heavy atom. The summed E-state index contributed by atoms with van der Waals surface area (Å²) in [6.07, 6.45) is 98.6. The SMILES string of the molecule is CC/C=C\C/C=C\C/C=C\C/C=C\C/C=C\CCCC(=O)OC(COC(=O)CCCCCCCC/C=C\C/C=C\C/C=C\C/C=C\CC)COP(=O)(O)OCC(O)COP(=O)(O)OCC(COC(=O)CCCCCCCCC/C=C\C/C=C\C/C=C\CC)OC(=O)CCCCCCCCC/C=C\C/C=C\C/C=C\CC. The second-order valence-corrected chi connectivity index (χ2v) is 30.1. The van der Waals surface area contributed by atoms with Gasteiger partial charge in [0.1, 0.15) is 19.3 Å². The van der Waals surface area contributed by atoms with Crippen LogP contribution < -0.4 is 0 Å². The molecule has 0 rings (SSSR count). The summed E-state index contributed by atoms with van der Waals surface area (Å²) in [6.45, 7) is 4.33. The Morgan fingerprint density at radius 1 is 0.255 bits per heavy atom. The van der Waals surface area contributed by atoms with Crippen molar-refractivity contribution < 1.29 is 80.2 Å². The monoisotopic (exact) mass is 1580 g/mol. The molecule has 0 aromatic rings.